The number of hydrogen-bond acceptors (Lipinski definition) is 5. The second-order valence-electron chi connectivity index (χ2n) is 6.62. The third-order valence-corrected chi connectivity index (χ3v) is 8.15. The summed E-state index contributed by atoms with van der Waals surface area (Å²) in [5.74, 6) is -0.0850. The monoisotopic (exact) mass is 368 g/mol. The Hall–Kier alpha value is -1.02. The minimum atomic E-state index is -3.59. The van der Waals surface area contributed by atoms with Crippen molar-refractivity contribution in [3.63, 3.8) is 0 Å². The van der Waals surface area contributed by atoms with Gasteiger partial charge in [0, 0.05) is 17.6 Å². The molecule has 7 heteroatoms. The minimum Gasteiger partial charge on any atom is -0.395 e. The van der Waals surface area contributed by atoms with Crippen LogP contribution in [0.3, 0.4) is 0 Å². The number of hydrogen-bond donors (Lipinski definition) is 1. The lowest BCUT2D eigenvalue weighted by atomic mass is 9.98. The first-order chi connectivity index (χ1) is 11.4. The molecular weight excluding hydrogens is 344 g/mol. The molecular formula is C17H24N2O3S2. The van der Waals surface area contributed by atoms with Crippen molar-refractivity contribution in [2.75, 3.05) is 6.61 Å². The lowest BCUT2D eigenvalue weighted by molar-refractivity contribution is 0.114. The molecule has 4 unspecified atom stereocenters. The summed E-state index contributed by atoms with van der Waals surface area (Å²) < 4.78 is 28.4. The van der Waals surface area contributed by atoms with Crippen molar-refractivity contribution in [3.8, 4) is 0 Å². The standard InChI is InChI=1S/C17H24N2O3S2/c1-12-6-7-16(13(2)10-12)24(21,22)19-14(11-20)4-3-5-15(19)17-18-8-9-23-17/h6-10,13-16,20H,3-5,11H2,1-2H3. The van der Waals surface area contributed by atoms with Crippen LogP contribution in [0, 0.1) is 5.92 Å². The van der Waals surface area contributed by atoms with Gasteiger partial charge in [-0.25, -0.2) is 13.4 Å². The minimum absolute atomic E-state index is 0.0850. The Labute approximate surface area is 147 Å². The van der Waals surface area contributed by atoms with Crippen LogP contribution < -0.4 is 0 Å². The van der Waals surface area contributed by atoms with Crippen molar-refractivity contribution in [2.45, 2.75) is 50.4 Å². The summed E-state index contributed by atoms with van der Waals surface area (Å²) in [5.41, 5.74) is 1.09. The Morgan fingerprint density at radius 3 is 2.83 bits per heavy atom. The lowest BCUT2D eigenvalue weighted by Crippen LogP contribution is -2.51. The van der Waals surface area contributed by atoms with Gasteiger partial charge in [0.2, 0.25) is 10.0 Å². The van der Waals surface area contributed by atoms with Gasteiger partial charge in [0.05, 0.1) is 17.9 Å². The third-order valence-electron chi connectivity index (χ3n) is 4.86. The normalized spacial score (nSPS) is 31.9. The van der Waals surface area contributed by atoms with E-state index in [0.29, 0.717) is 6.42 Å². The molecule has 4 atom stereocenters. The van der Waals surface area contributed by atoms with E-state index in [2.05, 4.69) is 4.98 Å². The first kappa shape index (κ1) is 17.8. The van der Waals surface area contributed by atoms with E-state index in [4.69, 9.17) is 0 Å². The molecule has 0 aromatic carbocycles. The van der Waals surface area contributed by atoms with Crippen LogP contribution >= 0.6 is 11.3 Å². The number of piperidine rings is 1. The quantitative estimate of drug-likeness (QED) is 0.887. The summed E-state index contributed by atoms with van der Waals surface area (Å²) >= 11 is 1.48. The largest absolute Gasteiger partial charge is 0.395 e. The number of allylic oxidation sites excluding steroid dienone is 3. The summed E-state index contributed by atoms with van der Waals surface area (Å²) in [6.07, 6.45) is 9.72. The predicted octanol–water partition coefficient (Wildman–Crippen LogP) is 2.88. The fraction of sp³-hybridized carbons (Fsp3) is 0.588. The summed E-state index contributed by atoms with van der Waals surface area (Å²) in [6.45, 7) is 3.76. The molecule has 24 heavy (non-hydrogen) atoms. The van der Waals surface area contributed by atoms with Crippen LogP contribution in [-0.2, 0) is 10.0 Å². The van der Waals surface area contributed by atoms with Crippen LogP contribution in [0.2, 0.25) is 0 Å². The summed E-state index contributed by atoms with van der Waals surface area (Å²) in [6, 6.07) is -0.640. The molecule has 3 rings (SSSR count). The molecule has 1 N–H and O–H groups in total. The number of sulfonamides is 1. The number of rotatable bonds is 4. The molecule has 0 spiro atoms. The number of thiazole rings is 1. The fourth-order valence-corrected chi connectivity index (χ4v) is 6.91. The van der Waals surface area contributed by atoms with Gasteiger partial charge in [-0.05, 0) is 32.1 Å². The van der Waals surface area contributed by atoms with Crippen molar-refractivity contribution >= 4 is 21.4 Å². The van der Waals surface area contributed by atoms with E-state index < -0.39 is 15.3 Å². The van der Waals surface area contributed by atoms with Crippen molar-refractivity contribution in [2.24, 2.45) is 5.92 Å². The molecule has 132 valence electrons. The molecule has 1 aromatic heterocycles. The van der Waals surface area contributed by atoms with E-state index in [9.17, 15) is 13.5 Å². The SMILES string of the molecule is CC1=CC(C)C(S(=O)(=O)N2C(CO)CCCC2c2nccs2)C=C1. The topological polar surface area (TPSA) is 70.5 Å². The van der Waals surface area contributed by atoms with Gasteiger partial charge < -0.3 is 5.11 Å². The van der Waals surface area contributed by atoms with Gasteiger partial charge in [-0.2, -0.15) is 4.31 Å². The molecule has 1 aromatic rings. The number of nitrogens with zero attached hydrogens (tertiary/aromatic N) is 2. The van der Waals surface area contributed by atoms with Crippen LogP contribution in [0.1, 0.15) is 44.2 Å². The molecule has 0 saturated carbocycles. The third kappa shape index (κ3) is 3.22. The first-order valence-corrected chi connectivity index (χ1v) is 10.7. The molecule has 5 nitrogen and oxygen atoms in total. The second kappa shape index (κ2) is 7.07. The Balaban J connectivity index is 1.99. The van der Waals surface area contributed by atoms with Crippen LogP contribution in [0.5, 0.6) is 0 Å². The molecule has 1 aliphatic heterocycles. The highest BCUT2D eigenvalue weighted by Gasteiger charge is 2.44. The highest BCUT2D eigenvalue weighted by Crippen LogP contribution is 2.40. The van der Waals surface area contributed by atoms with Crippen LogP contribution in [0.25, 0.3) is 0 Å². The molecule has 2 heterocycles. The first-order valence-electron chi connectivity index (χ1n) is 8.34. The van der Waals surface area contributed by atoms with Crippen LogP contribution in [0.15, 0.2) is 35.4 Å². The maximum absolute atomic E-state index is 13.4. The maximum Gasteiger partial charge on any atom is 0.222 e. The molecule has 2 aliphatic rings. The van der Waals surface area contributed by atoms with Gasteiger partial charge in [-0.1, -0.05) is 30.7 Å². The van der Waals surface area contributed by atoms with Gasteiger partial charge in [-0.15, -0.1) is 11.3 Å². The maximum atomic E-state index is 13.4. The van der Waals surface area contributed by atoms with Crippen LogP contribution in [0.4, 0.5) is 0 Å². The summed E-state index contributed by atoms with van der Waals surface area (Å²) in [7, 11) is -3.59. The Morgan fingerprint density at radius 2 is 2.21 bits per heavy atom. The zero-order chi connectivity index (χ0) is 17.3. The zero-order valence-corrected chi connectivity index (χ0v) is 15.6. The fourth-order valence-electron chi connectivity index (χ4n) is 3.74. The Bertz CT molecular complexity index is 725. The van der Waals surface area contributed by atoms with Gasteiger partial charge in [0.15, 0.2) is 0 Å². The number of aliphatic hydroxyl groups excluding tert-OH is 1. The van der Waals surface area contributed by atoms with E-state index in [1.807, 2.05) is 31.4 Å². The Kier molecular flexibility index (Phi) is 5.24. The van der Waals surface area contributed by atoms with Crippen molar-refractivity contribution < 1.29 is 13.5 Å². The summed E-state index contributed by atoms with van der Waals surface area (Å²) in [5, 5.41) is 11.9. The smallest absolute Gasteiger partial charge is 0.222 e. The molecule has 0 amide bonds. The van der Waals surface area contributed by atoms with Crippen molar-refractivity contribution in [1.82, 2.24) is 9.29 Å². The van der Waals surface area contributed by atoms with E-state index in [0.717, 1.165) is 23.4 Å². The van der Waals surface area contributed by atoms with E-state index in [-0.39, 0.29) is 24.6 Å². The van der Waals surface area contributed by atoms with Crippen molar-refractivity contribution in [3.05, 3.63) is 40.4 Å². The number of aliphatic hydroxyl groups is 1. The summed E-state index contributed by atoms with van der Waals surface area (Å²) in [4.78, 5) is 4.35. The van der Waals surface area contributed by atoms with Gasteiger partial charge in [0.1, 0.15) is 5.01 Å². The lowest BCUT2D eigenvalue weighted by Gasteiger charge is -2.41. The molecule has 0 bridgehead atoms. The average molecular weight is 369 g/mol. The molecule has 1 aliphatic carbocycles. The zero-order valence-electron chi connectivity index (χ0n) is 14.0. The number of aromatic nitrogens is 1. The van der Waals surface area contributed by atoms with Gasteiger partial charge >= 0.3 is 0 Å². The van der Waals surface area contributed by atoms with Crippen LogP contribution in [-0.4, -0.2) is 40.7 Å². The molecule has 1 fully saturated rings. The van der Waals surface area contributed by atoms with E-state index in [1.165, 1.54) is 11.3 Å². The predicted molar refractivity (Wildman–Crippen MR) is 96.2 cm³/mol. The average Bonchev–Trinajstić information content (AvgIpc) is 3.08. The molecule has 1 saturated heterocycles. The van der Waals surface area contributed by atoms with E-state index >= 15 is 0 Å². The van der Waals surface area contributed by atoms with Crippen molar-refractivity contribution in [1.29, 1.82) is 0 Å². The molecule has 0 radical (unpaired) electrons. The van der Waals surface area contributed by atoms with Gasteiger partial charge in [-0.3, -0.25) is 0 Å². The Morgan fingerprint density at radius 1 is 1.42 bits per heavy atom. The second-order valence-corrected chi connectivity index (χ2v) is 9.54. The highest BCUT2D eigenvalue weighted by molar-refractivity contribution is 7.90. The van der Waals surface area contributed by atoms with Gasteiger partial charge in [0.25, 0.3) is 0 Å². The highest BCUT2D eigenvalue weighted by atomic mass is 32.2. The van der Waals surface area contributed by atoms with E-state index in [1.54, 1.807) is 16.6 Å².